The van der Waals surface area contributed by atoms with Crippen molar-refractivity contribution in [1.29, 1.82) is 0 Å². The van der Waals surface area contributed by atoms with Crippen molar-refractivity contribution in [2.75, 3.05) is 5.88 Å². The molecule has 70 valence electrons. The highest BCUT2D eigenvalue weighted by Crippen LogP contribution is 2.01. The van der Waals surface area contributed by atoms with E-state index in [1.54, 1.807) is 0 Å². The predicted molar refractivity (Wildman–Crippen MR) is 60.3 cm³/mol. The Morgan fingerprint density at radius 3 is 2.25 bits per heavy atom. The monoisotopic (exact) mass is 202 g/mol. The second-order valence-electron chi connectivity index (χ2n) is 4.05. The second kappa shape index (κ2) is 6.57. The van der Waals surface area contributed by atoms with Crippen LogP contribution in [0.5, 0.6) is 0 Å². The first-order chi connectivity index (χ1) is 5.56. The Morgan fingerprint density at radius 2 is 1.75 bits per heavy atom. The molecule has 0 aromatic rings. The van der Waals surface area contributed by atoms with Gasteiger partial charge in [-0.05, 0) is 12.8 Å². The first-order valence-electron chi connectivity index (χ1n) is 4.62. The van der Waals surface area contributed by atoms with E-state index >= 15 is 0 Å². The largest absolute Gasteiger partial charge is 0.132 e. The van der Waals surface area contributed by atoms with Gasteiger partial charge in [0.05, 0.1) is 0 Å². The van der Waals surface area contributed by atoms with E-state index < -0.39 is 8.07 Å². The van der Waals surface area contributed by atoms with E-state index in [0.29, 0.717) is 0 Å². The van der Waals surface area contributed by atoms with Gasteiger partial charge in [0.25, 0.3) is 0 Å². The van der Waals surface area contributed by atoms with Gasteiger partial charge >= 0.3 is 0 Å². The molecule has 0 radical (unpaired) electrons. The average Bonchev–Trinajstić information content (AvgIpc) is 1.94. The van der Waals surface area contributed by atoms with Gasteiger partial charge in [-0.1, -0.05) is 26.1 Å². The van der Waals surface area contributed by atoms with Crippen molar-refractivity contribution >= 4 is 19.7 Å². The van der Waals surface area contributed by atoms with Crippen molar-refractivity contribution in [3.63, 3.8) is 0 Å². The smallest absolute Gasteiger partial charge is 0.129 e. The van der Waals surface area contributed by atoms with Gasteiger partial charge in [-0.15, -0.1) is 23.1 Å². The lowest BCUT2D eigenvalue weighted by atomic mass is 10.2. The summed E-state index contributed by atoms with van der Waals surface area (Å²) in [4.78, 5) is 0. The zero-order chi connectivity index (χ0) is 9.45. The molecule has 0 spiro atoms. The van der Waals surface area contributed by atoms with Gasteiger partial charge in [-0.2, -0.15) is 0 Å². The third-order valence-electron chi connectivity index (χ3n) is 1.40. The Morgan fingerprint density at radius 1 is 1.08 bits per heavy atom. The van der Waals surface area contributed by atoms with Gasteiger partial charge < -0.3 is 0 Å². The molecule has 0 N–H and O–H groups in total. The van der Waals surface area contributed by atoms with E-state index in [1.165, 1.54) is 12.8 Å². The van der Waals surface area contributed by atoms with Crippen LogP contribution in [0.25, 0.3) is 0 Å². The van der Waals surface area contributed by atoms with Gasteiger partial charge in [0.15, 0.2) is 0 Å². The lowest BCUT2D eigenvalue weighted by molar-refractivity contribution is 0.741. The van der Waals surface area contributed by atoms with Gasteiger partial charge in [0.1, 0.15) is 8.07 Å². The van der Waals surface area contributed by atoms with Crippen LogP contribution < -0.4 is 0 Å². The summed E-state index contributed by atoms with van der Waals surface area (Å²) in [5.41, 5.74) is 3.35. The van der Waals surface area contributed by atoms with E-state index in [-0.39, 0.29) is 0 Å². The summed E-state index contributed by atoms with van der Waals surface area (Å²) in [6.07, 6.45) is 4.63. The molecule has 0 saturated carbocycles. The summed E-state index contributed by atoms with van der Waals surface area (Å²) in [5, 5.41) is 0. The first kappa shape index (κ1) is 12.1. The molecule has 0 fully saturated rings. The van der Waals surface area contributed by atoms with Gasteiger partial charge in [0.2, 0.25) is 0 Å². The second-order valence-corrected chi connectivity index (χ2v) is 9.18. The molecule has 0 rings (SSSR count). The summed E-state index contributed by atoms with van der Waals surface area (Å²) in [6, 6.07) is 0. The molecular weight excluding hydrogens is 184 g/mol. The molecule has 0 bridgehead atoms. The molecular formula is C10H19ClSi. The summed E-state index contributed by atoms with van der Waals surface area (Å²) < 4.78 is 0. The third kappa shape index (κ3) is 10.1. The van der Waals surface area contributed by atoms with Gasteiger partial charge in [0, 0.05) is 12.3 Å². The lowest BCUT2D eigenvalue weighted by Crippen LogP contribution is -2.16. The van der Waals surface area contributed by atoms with Crippen LogP contribution >= 0.6 is 11.6 Å². The predicted octanol–water partition coefficient (Wildman–Crippen LogP) is 3.67. The Kier molecular flexibility index (Phi) is 6.61. The first-order valence-corrected chi connectivity index (χ1v) is 8.66. The molecule has 0 aliphatic rings. The molecule has 0 unspecified atom stereocenters. The number of alkyl halides is 1. The van der Waals surface area contributed by atoms with Crippen LogP contribution in [0.4, 0.5) is 0 Å². The molecule has 0 aromatic heterocycles. The molecule has 12 heavy (non-hydrogen) atoms. The molecule has 0 atom stereocenters. The van der Waals surface area contributed by atoms with Crippen LogP contribution in [-0.4, -0.2) is 14.0 Å². The third-order valence-corrected chi connectivity index (χ3v) is 2.59. The van der Waals surface area contributed by atoms with E-state index in [2.05, 4.69) is 31.1 Å². The van der Waals surface area contributed by atoms with Crippen molar-refractivity contribution in [1.82, 2.24) is 0 Å². The molecule has 0 aliphatic heterocycles. The molecule has 0 aliphatic carbocycles. The van der Waals surface area contributed by atoms with E-state index in [1.807, 2.05) is 0 Å². The minimum absolute atomic E-state index is 0.793. The van der Waals surface area contributed by atoms with Crippen molar-refractivity contribution in [2.24, 2.45) is 0 Å². The fraction of sp³-hybridized carbons (Fsp3) is 0.800. The van der Waals surface area contributed by atoms with Crippen LogP contribution in [0.15, 0.2) is 0 Å². The molecule has 0 amide bonds. The Balaban J connectivity index is 3.34. The maximum Gasteiger partial charge on any atom is 0.129 e. The zero-order valence-electron chi connectivity index (χ0n) is 8.41. The maximum absolute atomic E-state index is 5.56. The number of halogens is 1. The van der Waals surface area contributed by atoms with Crippen LogP contribution in [0.3, 0.4) is 0 Å². The number of hydrogen-bond donors (Lipinski definition) is 0. The van der Waals surface area contributed by atoms with Crippen molar-refractivity contribution in [3.05, 3.63) is 0 Å². The fourth-order valence-corrected chi connectivity index (χ4v) is 1.66. The topological polar surface area (TPSA) is 0 Å². The van der Waals surface area contributed by atoms with Crippen molar-refractivity contribution in [3.8, 4) is 11.5 Å². The van der Waals surface area contributed by atoms with Crippen LogP contribution in [0.1, 0.15) is 25.7 Å². The van der Waals surface area contributed by atoms with Gasteiger partial charge in [-0.3, -0.25) is 0 Å². The van der Waals surface area contributed by atoms with Crippen LogP contribution in [0, 0.1) is 11.5 Å². The number of rotatable bonds is 4. The van der Waals surface area contributed by atoms with E-state index in [4.69, 9.17) is 11.6 Å². The summed E-state index contributed by atoms with van der Waals surface area (Å²) in [5.74, 6) is 4.05. The summed E-state index contributed by atoms with van der Waals surface area (Å²) >= 11 is 5.56. The van der Waals surface area contributed by atoms with E-state index in [9.17, 15) is 0 Å². The highest BCUT2D eigenvalue weighted by atomic mass is 35.5. The van der Waals surface area contributed by atoms with Gasteiger partial charge in [-0.25, -0.2) is 0 Å². The highest BCUT2D eigenvalue weighted by molar-refractivity contribution is 6.83. The Labute approximate surface area is 82.7 Å². The van der Waals surface area contributed by atoms with Crippen LogP contribution in [0.2, 0.25) is 19.6 Å². The number of unbranched alkanes of at least 4 members (excludes halogenated alkanes) is 3. The fourth-order valence-electron chi connectivity index (χ4n) is 0.812. The minimum atomic E-state index is -1.11. The lowest BCUT2D eigenvalue weighted by Gasteiger charge is -2.03. The average molecular weight is 203 g/mol. The minimum Gasteiger partial charge on any atom is -0.132 e. The normalized spacial score (nSPS) is 10.7. The standard InChI is InChI=1S/C10H19ClSi/c1-12(2,3)10-8-6-4-5-7-9-11/h4-7,9H2,1-3H3. The van der Waals surface area contributed by atoms with Crippen molar-refractivity contribution in [2.45, 2.75) is 45.3 Å². The van der Waals surface area contributed by atoms with E-state index in [0.717, 1.165) is 18.7 Å². The zero-order valence-corrected chi connectivity index (χ0v) is 10.2. The SMILES string of the molecule is C[Si](C)(C)C#CCCCCCCl. The highest BCUT2D eigenvalue weighted by Gasteiger charge is 2.06. The number of hydrogen-bond acceptors (Lipinski definition) is 0. The maximum atomic E-state index is 5.56. The van der Waals surface area contributed by atoms with Crippen LogP contribution in [-0.2, 0) is 0 Å². The Hall–Kier alpha value is 0.0669. The molecule has 0 aromatic carbocycles. The molecule has 0 heterocycles. The molecule has 2 heteroatoms. The summed E-state index contributed by atoms with van der Waals surface area (Å²) in [6.45, 7) is 6.83. The quantitative estimate of drug-likeness (QED) is 0.283. The van der Waals surface area contributed by atoms with Crippen molar-refractivity contribution < 1.29 is 0 Å². The molecule has 0 saturated heterocycles. The summed E-state index contributed by atoms with van der Waals surface area (Å²) in [7, 11) is -1.11. The molecule has 0 nitrogen and oxygen atoms in total. The Bertz CT molecular complexity index is 159.